The fourth-order valence-corrected chi connectivity index (χ4v) is 2.98. The summed E-state index contributed by atoms with van der Waals surface area (Å²) >= 11 is 1.75. The zero-order valence-electron chi connectivity index (χ0n) is 13.4. The number of hydrogen-bond acceptors (Lipinski definition) is 3. The minimum absolute atomic E-state index is 0.148. The Bertz CT molecular complexity index is 626. The lowest BCUT2D eigenvalue weighted by atomic mass is 10.1. The lowest BCUT2D eigenvalue weighted by molar-refractivity contribution is 0.443. The molecule has 2 rings (SSSR count). The number of aryl methyl sites for hydroxylation is 2. The number of nitrogens with one attached hydrogen (secondary N) is 1. The van der Waals surface area contributed by atoms with Crippen LogP contribution in [-0.2, 0) is 0 Å². The third-order valence-electron chi connectivity index (χ3n) is 3.30. The highest BCUT2D eigenvalue weighted by Crippen LogP contribution is 2.23. The molecule has 3 nitrogen and oxygen atoms in total. The van der Waals surface area contributed by atoms with E-state index in [1.807, 2.05) is 0 Å². The van der Waals surface area contributed by atoms with E-state index in [0.29, 0.717) is 0 Å². The van der Waals surface area contributed by atoms with Crippen LogP contribution in [0.25, 0.3) is 11.0 Å². The molecule has 0 saturated carbocycles. The van der Waals surface area contributed by atoms with Crippen LogP contribution in [0.3, 0.4) is 0 Å². The lowest BCUT2D eigenvalue weighted by Gasteiger charge is -2.21. The molecule has 0 spiro atoms. The number of thiazole rings is 1. The van der Waals surface area contributed by atoms with Gasteiger partial charge in [-0.25, -0.2) is 4.98 Å². The average Bonchev–Trinajstić information content (AvgIpc) is 2.80. The second-order valence-corrected chi connectivity index (χ2v) is 7.55. The monoisotopic (exact) mass is 291 g/mol. The van der Waals surface area contributed by atoms with Crippen molar-refractivity contribution in [2.45, 2.75) is 53.5 Å². The van der Waals surface area contributed by atoms with Gasteiger partial charge >= 0.3 is 0 Å². The first kappa shape index (κ1) is 15.3. The van der Waals surface area contributed by atoms with Crippen molar-refractivity contribution < 1.29 is 0 Å². The Labute approximate surface area is 125 Å². The zero-order chi connectivity index (χ0) is 14.9. The topological polar surface area (TPSA) is 29.3 Å². The van der Waals surface area contributed by atoms with E-state index in [1.54, 1.807) is 11.3 Å². The van der Waals surface area contributed by atoms with Gasteiger partial charge in [0.25, 0.3) is 0 Å². The molecule has 0 saturated heterocycles. The van der Waals surface area contributed by atoms with Crippen molar-refractivity contribution in [3.05, 3.63) is 28.0 Å². The van der Waals surface area contributed by atoms with E-state index in [4.69, 9.17) is 0 Å². The van der Waals surface area contributed by atoms with E-state index < -0.39 is 0 Å². The Hall–Kier alpha value is -1.13. The van der Waals surface area contributed by atoms with Crippen LogP contribution in [0.2, 0.25) is 0 Å². The molecule has 2 aromatic heterocycles. The third kappa shape index (κ3) is 3.49. The third-order valence-corrected chi connectivity index (χ3v) is 4.20. The fourth-order valence-electron chi connectivity index (χ4n) is 2.10. The van der Waals surface area contributed by atoms with Crippen molar-refractivity contribution in [2.24, 2.45) is 0 Å². The van der Waals surface area contributed by atoms with Gasteiger partial charge in [0.15, 0.2) is 4.96 Å². The highest BCUT2D eigenvalue weighted by atomic mass is 32.1. The summed E-state index contributed by atoms with van der Waals surface area (Å²) < 4.78 is 2.21. The first-order valence-corrected chi connectivity index (χ1v) is 8.01. The summed E-state index contributed by atoms with van der Waals surface area (Å²) in [6.45, 7) is 14.0. The normalized spacial score (nSPS) is 13.4. The van der Waals surface area contributed by atoms with Gasteiger partial charge in [0.05, 0.1) is 11.4 Å². The second kappa shape index (κ2) is 5.70. The summed E-state index contributed by atoms with van der Waals surface area (Å²) in [5.41, 5.74) is 3.89. The first-order chi connectivity index (χ1) is 9.30. The van der Waals surface area contributed by atoms with Crippen molar-refractivity contribution in [1.29, 1.82) is 0 Å². The SMILES string of the molecule is CCC(=Cc1c(C)nc2sc(C)cn12)CNC(C)(C)C. The molecule has 0 aliphatic heterocycles. The van der Waals surface area contributed by atoms with Crippen molar-refractivity contribution in [2.75, 3.05) is 6.54 Å². The lowest BCUT2D eigenvalue weighted by Crippen LogP contribution is -2.37. The van der Waals surface area contributed by atoms with E-state index in [9.17, 15) is 0 Å². The summed E-state index contributed by atoms with van der Waals surface area (Å²) in [7, 11) is 0. The molecule has 4 heteroatoms. The standard InChI is InChI=1S/C16H25N3S/c1-7-13(9-17-16(4,5)6)8-14-12(3)18-15-19(14)10-11(2)20-15/h8,10,17H,7,9H2,1-6H3. The Balaban J connectivity index is 2.31. The molecule has 0 radical (unpaired) electrons. The zero-order valence-corrected chi connectivity index (χ0v) is 14.2. The smallest absolute Gasteiger partial charge is 0.194 e. The Morgan fingerprint density at radius 1 is 1.40 bits per heavy atom. The molecule has 20 heavy (non-hydrogen) atoms. The highest BCUT2D eigenvalue weighted by Gasteiger charge is 2.12. The summed E-state index contributed by atoms with van der Waals surface area (Å²) in [5.74, 6) is 0. The molecule has 0 unspecified atom stereocenters. The maximum Gasteiger partial charge on any atom is 0.194 e. The number of aromatic nitrogens is 2. The van der Waals surface area contributed by atoms with Crippen LogP contribution >= 0.6 is 11.3 Å². The van der Waals surface area contributed by atoms with Gasteiger partial charge in [-0.05, 0) is 47.1 Å². The van der Waals surface area contributed by atoms with Gasteiger partial charge in [-0.2, -0.15) is 0 Å². The van der Waals surface area contributed by atoms with E-state index in [0.717, 1.165) is 23.6 Å². The Kier molecular flexibility index (Phi) is 4.35. The summed E-state index contributed by atoms with van der Waals surface area (Å²) in [4.78, 5) is 7.03. The summed E-state index contributed by atoms with van der Waals surface area (Å²) in [6.07, 6.45) is 5.52. The molecule has 0 aliphatic carbocycles. The fraction of sp³-hybridized carbons (Fsp3) is 0.562. The number of imidazole rings is 1. The van der Waals surface area contributed by atoms with Gasteiger partial charge in [-0.3, -0.25) is 4.40 Å². The molecule has 0 bridgehead atoms. The number of hydrogen-bond donors (Lipinski definition) is 1. The van der Waals surface area contributed by atoms with Gasteiger partial charge in [0.2, 0.25) is 0 Å². The van der Waals surface area contributed by atoms with Crippen molar-refractivity contribution in [1.82, 2.24) is 14.7 Å². The van der Waals surface area contributed by atoms with Gasteiger partial charge in [0.1, 0.15) is 0 Å². The van der Waals surface area contributed by atoms with Crippen molar-refractivity contribution >= 4 is 22.4 Å². The first-order valence-electron chi connectivity index (χ1n) is 7.19. The number of fused-ring (bicyclic) bond motifs is 1. The molecular weight excluding hydrogens is 266 g/mol. The van der Waals surface area contributed by atoms with Crippen molar-refractivity contribution in [3.8, 4) is 0 Å². The largest absolute Gasteiger partial charge is 0.308 e. The van der Waals surface area contributed by atoms with Gasteiger partial charge in [0, 0.05) is 23.2 Å². The van der Waals surface area contributed by atoms with Gasteiger partial charge in [-0.1, -0.05) is 12.5 Å². The molecule has 0 aliphatic rings. The quantitative estimate of drug-likeness (QED) is 0.915. The van der Waals surface area contributed by atoms with E-state index >= 15 is 0 Å². The minimum atomic E-state index is 0.148. The van der Waals surface area contributed by atoms with Crippen LogP contribution in [0.15, 0.2) is 11.8 Å². The van der Waals surface area contributed by atoms with Crippen LogP contribution in [0.4, 0.5) is 0 Å². The maximum atomic E-state index is 4.65. The molecule has 0 aromatic carbocycles. The van der Waals surface area contributed by atoms with Gasteiger partial charge in [-0.15, -0.1) is 11.3 Å². The van der Waals surface area contributed by atoms with Crippen LogP contribution in [-0.4, -0.2) is 21.5 Å². The summed E-state index contributed by atoms with van der Waals surface area (Å²) in [6, 6.07) is 0. The van der Waals surface area contributed by atoms with Crippen molar-refractivity contribution in [3.63, 3.8) is 0 Å². The molecule has 2 heterocycles. The Morgan fingerprint density at radius 3 is 2.70 bits per heavy atom. The van der Waals surface area contributed by atoms with Crippen LogP contribution in [0, 0.1) is 13.8 Å². The van der Waals surface area contributed by atoms with Crippen LogP contribution < -0.4 is 5.32 Å². The second-order valence-electron chi connectivity index (χ2n) is 6.34. The molecule has 0 amide bonds. The molecule has 2 aromatic rings. The molecule has 0 fully saturated rings. The molecule has 110 valence electrons. The summed E-state index contributed by atoms with van der Waals surface area (Å²) in [5, 5.41) is 3.56. The minimum Gasteiger partial charge on any atom is -0.308 e. The van der Waals surface area contributed by atoms with E-state index in [1.165, 1.54) is 16.1 Å². The van der Waals surface area contributed by atoms with Crippen LogP contribution in [0.5, 0.6) is 0 Å². The number of rotatable bonds is 4. The molecular formula is C16H25N3S. The predicted molar refractivity (Wildman–Crippen MR) is 88.6 cm³/mol. The van der Waals surface area contributed by atoms with Gasteiger partial charge < -0.3 is 5.32 Å². The molecule has 0 atom stereocenters. The highest BCUT2D eigenvalue weighted by molar-refractivity contribution is 7.17. The average molecular weight is 291 g/mol. The maximum absolute atomic E-state index is 4.65. The number of nitrogens with zero attached hydrogens (tertiary/aromatic N) is 2. The molecule has 1 N–H and O–H groups in total. The van der Waals surface area contributed by atoms with E-state index in [-0.39, 0.29) is 5.54 Å². The Morgan fingerprint density at radius 2 is 2.10 bits per heavy atom. The van der Waals surface area contributed by atoms with Crippen LogP contribution in [0.1, 0.15) is 50.4 Å². The van der Waals surface area contributed by atoms with E-state index in [2.05, 4.69) is 68.5 Å². The predicted octanol–water partition coefficient (Wildman–Crippen LogP) is 4.19.